The van der Waals surface area contributed by atoms with Crippen LogP contribution >= 0.6 is 0 Å². The van der Waals surface area contributed by atoms with Gasteiger partial charge in [-0.1, -0.05) is 0 Å². The lowest BCUT2D eigenvalue weighted by Crippen LogP contribution is -2.74. The molecule has 0 radical (unpaired) electrons. The van der Waals surface area contributed by atoms with Crippen LogP contribution in [0.3, 0.4) is 0 Å². The minimum atomic E-state index is -2.76. The summed E-state index contributed by atoms with van der Waals surface area (Å²) in [4.78, 5) is 78.6. The van der Waals surface area contributed by atoms with Crippen molar-refractivity contribution in [2.75, 3.05) is 14.1 Å². The van der Waals surface area contributed by atoms with Gasteiger partial charge in [0.05, 0.1) is 17.5 Å². The van der Waals surface area contributed by atoms with Gasteiger partial charge >= 0.3 is 0 Å². The minimum absolute atomic E-state index is 0.0586. The van der Waals surface area contributed by atoms with Gasteiger partial charge in [-0.15, -0.1) is 0 Å². The lowest BCUT2D eigenvalue weighted by molar-refractivity contribution is -0.181. The number of ketones is 5. The quantitative estimate of drug-likeness (QED) is 0.384. The molecule has 2 fully saturated rings. The number of phenols is 1. The first kappa shape index (κ1) is 22.9. The minimum Gasteiger partial charge on any atom is -0.507 e. The first-order valence-corrected chi connectivity index (χ1v) is 10.5. The van der Waals surface area contributed by atoms with Crippen molar-refractivity contribution in [2.24, 2.45) is 29.4 Å². The normalized spacial score (nSPS) is 33.4. The summed E-state index contributed by atoms with van der Waals surface area (Å²) in [5.74, 6) is -11.4. The van der Waals surface area contributed by atoms with Gasteiger partial charge in [-0.05, 0) is 57.5 Å². The van der Waals surface area contributed by atoms with E-state index in [0.717, 1.165) is 0 Å². The number of primary amides is 1. The fourth-order valence-corrected chi connectivity index (χ4v) is 5.93. The Balaban J connectivity index is 1.90. The van der Waals surface area contributed by atoms with Crippen LogP contribution in [-0.2, 0) is 25.6 Å². The zero-order valence-corrected chi connectivity index (χ0v) is 18.3. The van der Waals surface area contributed by atoms with Crippen LogP contribution in [0.25, 0.3) is 0 Å². The van der Waals surface area contributed by atoms with Gasteiger partial charge in [0.25, 0.3) is 0 Å². The molecule has 4 N–H and O–H groups in total. The fourth-order valence-electron chi connectivity index (χ4n) is 5.93. The van der Waals surface area contributed by atoms with Crippen LogP contribution in [0, 0.1) is 23.7 Å². The molecule has 10 heteroatoms. The van der Waals surface area contributed by atoms with Crippen LogP contribution in [-0.4, -0.2) is 75.7 Å². The molecule has 1 amide bonds. The predicted molar refractivity (Wildman–Crippen MR) is 111 cm³/mol. The number of amides is 1. The number of fused-ring (bicyclic) bond motifs is 3. The summed E-state index contributed by atoms with van der Waals surface area (Å²) in [5.41, 5.74) is 2.86. The third-order valence-electron chi connectivity index (χ3n) is 7.32. The zero-order chi connectivity index (χ0) is 24.6. The number of nitrogens with two attached hydrogens (primary N) is 1. The van der Waals surface area contributed by atoms with Gasteiger partial charge < -0.3 is 15.9 Å². The standard InChI is InChI=1S/C23H24N2O8/c1-8(26)10-4-5-13(27)15-11(10)6-9-7-12-17(25(2)3)19(29)16(22(24)32)21(31)23(12,33)20(30)14(9)18(15)28/h4-5,9,12,14,16-17,27,33H,6-7H2,1-3H3,(H2,24,32)/t9-,12-,14?,16?,17-,23-/m0/s1. The number of rotatable bonds is 3. The van der Waals surface area contributed by atoms with Gasteiger partial charge in [-0.25, -0.2) is 0 Å². The second-order valence-electron chi connectivity index (χ2n) is 9.33. The van der Waals surface area contributed by atoms with E-state index in [1.807, 2.05) is 0 Å². The zero-order valence-electron chi connectivity index (χ0n) is 18.3. The van der Waals surface area contributed by atoms with E-state index in [2.05, 4.69) is 0 Å². The Hall–Kier alpha value is -3.24. The molecule has 0 aromatic heterocycles. The molecule has 0 bridgehead atoms. The van der Waals surface area contributed by atoms with Crippen LogP contribution < -0.4 is 5.73 Å². The first-order valence-electron chi connectivity index (χ1n) is 10.5. The summed E-state index contributed by atoms with van der Waals surface area (Å²) in [6, 6.07) is 1.43. The van der Waals surface area contributed by atoms with Crippen LogP contribution in [0.2, 0.25) is 0 Å². The van der Waals surface area contributed by atoms with E-state index in [4.69, 9.17) is 5.73 Å². The smallest absolute Gasteiger partial charge is 0.235 e. The molecular weight excluding hydrogens is 432 g/mol. The van der Waals surface area contributed by atoms with Crippen molar-refractivity contribution in [2.45, 2.75) is 31.4 Å². The van der Waals surface area contributed by atoms with E-state index in [9.17, 15) is 39.0 Å². The van der Waals surface area contributed by atoms with E-state index >= 15 is 0 Å². The average Bonchev–Trinajstić information content (AvgIpc) is 2.70. The number of hydrogen-bond acceptors (Lipinski definition) is 9. The Morgan fingerprint density at radius 3 is 2.30 bits per heavy atom. The Kier molecular flexibility index (Phi) is 5.14. The topological polar surface area (TPSA) is 172 Å². The molecule has 0 heterocycles. The Morgan fingerprint density at radius 1 is 1.12 bits per heavy atom. The summed E-state index contributed by atoms with van der Waals surface area (Å²) < 4.78 is 0. The van der Waals surface area contributed by atoms with Crippen molar-refractivity contribution in [3.63, 3.8) is 0 Å². The number of carbonyl (C=O) groups excluding carboxylic acids is 6. The van der Waals surface area contributed by atoms with E-state index < -0.39 is 70.1 Å². The number of benzene rings is 1. The number of nitrogens with zero attached hydrogens (tertiary/aromatic N) is 1. The van der Waals surface area contributed by atoms with Crippen LogP contribution in [0.15, 0.2) is 12.1 Å². The van der Waals surface area contributed by atoms with Crippen molar-refractivity contribution in [3.05, 3.63) is 28.8 Å². The Labute approximate surface area is 188 Å². The number of carbonyl (C=O) groups is 6. The fraction of sp³-hybridized carbons (Fsp3) is 0.478. The molecule has 3 aliphatic rings. The molecule has 0 aliphatic heterocycles. The monoisotopic (exact) mass is 456 g/mol. The molecule has 2 unspecified atom stereocenters. The van der Waals surface area contributed by atoms with Crippen molar-refractivity contribution in [1.82, 2.24) is 4.90 Å². The SMILES string of the molecule is CC(=O)c1ccc(O)c2c1C[C@H]1C[C@H]3[C@H](N(C)C)C(=O)C(C(N)=O)C(=O)[C@@]3(O)C(=O)C1C2=O. The van der Waals surface area contributed by atoms with Gasteiger partial charge in [-0.3, -0.25) is 33.7 Å². The largest absolute Gasteiger partial charge is 0.507 e. The Bertz CT molecular complexity index is 1160. The second kappa shape index (κ2) is 7.39. The molecule has 1 aromatic carbocycles. The van der Waals surface area contributed by atoms with Gasteiger partial charge in [0.2, 0.25) is 5.91 Å². The van der Waals surface area contributed by atoms with Crippen LogP contribution in [0.4, 0.5) is 0 Å². The lowest BCUT2D eigenvalue weighted by atomic mass is 9.52. The third kappa shape index (κ3) is 2.94. The van der Waals surface area contributed by atoms with Crippen molar-refractivity contribution >= 4 is 34.8 Å². The van der Waals surface area contributed by atoms with Crippen LogP contribution in [0.1, 0.15) is 39.6 Å². The second-order valence-corrected chi connectivity index (χ2v) is 9.33. The van der Waals surface area contributed by atoms with Crippen LogP contribution in [0.5, 0.6) is 5.75 Å². The molecule has 33 heavy (non-hydrogen) atoms. The number of Topliss-reactive ketones (excluding diaryl/α,β-unsaturated/α-hetero) is 5. The van der Waals surface area contributed by atoms with E-state index in [1.165, 1.54) is 38.1 Å². The van der Waals surface area contributed by atoms with E-state index in [-0.39, 0.29) is 29.8 Å². The highest BCUT2D eigenvalue weighted by Gasteiger charge is 2.69. The molecule has 0 spiro atoms. The molecule has 4 rings (SSSR count). The Morgan fingerprint density at radius 2 is 1.76 bits per heavy atom. The number of aromatic hydroxyl groups is 1. The summed E-state index contributed by atoms with van der Waals surface area (Å²) in [5, 5.41) is 21.8. The molecule has 2 saturated carbocycles. The molecule has 1 aromatic rings. The van der Waals surface area contributed by atoms with E-state index in [0.29, 0.717) is 5.56 Å². The number of hydrogen-bond donors (Lipinski definition) is 3. The highest BCUT2D eigenvalue weighted by molar-refractivity contribution is 6.32. The number of aliphatic hydroxyl groups is 1. The number of phenolic OH excluding ortho intramolecular Hbond substituents is 1. The predicted octanol–water partition coefficient (Wildman–Crippen LogP) is -0.930. The molecular formula is C23H24N2O8. The molecule has 10 nitrogen and oxygen atoms in total. The maximum absolute atomic E-state index is 13.6. The molecule has 3 aliphatic carbocycles. The summed E-state index contributed by atoms with van der Waals surface area (Å²) >= 11 is 0. The van der Waals surface area contributed by atoms with Gasteiger partial charge in [0, 0.05) is 11.5 Å². The summed E-state index contributed by atoms with van der Waals surface area (Å²) in [6.45, 7) is 1.32. The molecule has 0 saturated heterocycles. The third-order valence-corrected chi connectivity index (χ3v) is 7.32. The van der Waals surface area contributed by atoms with Crippen molar-refractivity contribution in [1.29, 1.82) is 0 Å². The highest BCUT2D eigenvalue weighted by Crippen LogP contribution is 2.50. The van der Waals surface area contributed by atoms with E-state index in [1.54, 1.807) is 0 Å². The maximum atomic E-state index is 13.6. The lowest BCUT2D eigenvalue weighted by Gasteiger charge is -2.52. The average molecular weight is 456 g/mol. The van der Waals surface area contributed by atoms with Crippen molar-refractivity contribution in [3.8, 4) is 5.75 Å². The molecule has 6 atom stereocenters. The number of likely N-dealkylation sites (N-methyl/N-ethyl adjacent to an activating group) is 1. The summed E-state index contributed by atoms with van der Waals surface area (Å²) in [6.07, 6.45) is 0.00600. The molecule has 174 valence electrons. The maximum Gasteiger partial charge on any atom is 0.235 e. The first-order chi connectivity index (χ1) is 15.3. The summed E-state index contributed by atoms with van der Waals surface area (Å²) in [7, 11) is 3.03. The highest BCUT2D eigenvalue weighted by atomic mass is 16.3. The van der Waals surface area contributed by atoms with Gasteiger partial charge in [0.15, 0.2) is 40.4 Å². The van der Waals surface area contributed by atoms with Gasteiger partial charge in [0.1, 0.15) is 5.75 Å². The van der Waals surface area contributed by atoms with Crippen molar-refractivity contribution < 1.29 is 39.0 Å². The van der Waals surface area contributed by atoms with Gasteiger partial charge in [-0.2, -0.15) is 0 Å².